The molecular weight excluding hydrogens is 312 g/mol. The van der Waals surface area contributed by atoms with Crippen LogP contribution < -0.4 is 11.1 Å². The normalized spacial score (nSPS) is 10.7. The highest BCUT2D eigenvalue weighted by atomic mass is 16.1. The molecule has 122 valence electrons. The zero-order chi connectivity index (χ0) is 17.2. The van der Waals surface area contributed by atoms with Crippen LogP contribution >= 0.6 is 0 Å². The topological polar surface area (TPSA) is 83.8 Å². The van der Waals surface area contributed by atoms with Crippen LogP contribution in [0.15, 0.2) is 72.8 Å². The molecule has 0 fully saturated rings. The molecule has 0 atom stereocenters. The van der Waals surface area contributed by atoms with Crippen molar-refractivity contribution in [1.29, 1.82) is 0 Å². The van der Waals surface area contributed by atoms with Crippen molar-refractivity contribution in [3.8, 4) is 11.4 Å². The minimum absolute atomic E-state index is 0.200. The van der Waals surface area contributed by atoms with Gasteiger partial charge >= 0.3 is 0 Å². The van der Waals surface area contributed by atoms with Crippen LogP contribution in [0.2, 0.25) is 0 Å². The summed E-state index contributed by atoms with van der Waals surface area (Å²) in [5.74, 6) is 0.578. The lowest BCUT2D eigenvalue weighted by molar-refractivity contribution is 0.102. The van der Waals surface area contributed by atoms with Crippen LogP contribution in [-0.2, 0) is 0 Å². The Morgan fingerprint density at radius 1 is 0.920 bits per heavy atom. The van der Waals surface area contributed by atoms with Gasteiger partial charge in [0.25, 0.3) is 5.91 Å². The van der Waals surface area contributed by atoms with E-state index in [9.17, 15) is 4.79 Å². The van der Waals surface area contributed by atoms with Gasteiger partial charge in [0.2, 0.25) is 0 Å². The number of benzene rings is 3. The number of para-hydroxylation sites is 4. The van der Waals surface area contributed by atoms with Gasteiger partial charge in [0.05, 0.1) is 22.4 Å². The number of hydrogen-bond acceptors (Lipinski definition) is 3. The Balaban J connectivity index is 1.57. The van der Waals surface area contributed by atoms with Crippen molar-refractivity contribution in [2.45, 2.75) is 0 Å². The number of aromatic nitrogens is 2. The van der Waals surface area contributed by atoms with E-state index in [-0.39, 0.29) is 5.91 Å². The Morgan fingerprint density at radius 2 is 1.64 bits per heavy atom. The predicted molar refractivity (Wildman–Crippen MR) is 100 cm³/mol. The summed E-state index contributed by atoms with van der Waals surface area (Å²) in [6.45, 7) is 0. The molecule has 0 bridgehead atoms. The largest absolute Gasteiger partial charge is 0.397 e. The number of rotatable bonds is 3. The first-order chi connectivity index (χ1) is 12.2. The molecule has 0 aliphatic carbocycles. The van der Waals surface area contributed by atoms with E-state index in [2.05, 4.69) is 15.3 Å². The standard InChI is InChI=1S/C20H16N4O/c21-15-5-1-2-6-16(15)24-20(25)14-11-9-13(10-12-14)19-22-17-7-3-4-8-18(17)23-19/h1-12H,21H2,(H,22,23)(H,24,25). The number of carbonyl (C=O) groups is 1. The number of nitrogens with one attached hydrogen (secondary N) is 2. The van der Waals surface area contributed by atoms with Gasteiger partial charge in [-0.25, -0.2) is 4.98 Å². The van der Waals surface area contributed by atoms with E-state index in [1.807, 2.05) is 48.5 Å². The van der Waals surface area contributed by atoms with Gasteiger partial charge in [0, 0.05) is 11.1 Å². The summed E-state index contributed by atoms with van der Waals surface area (Å²) in [5, 5.41) is 2.82. The van der Waals surface area contributed by atoms with Gasteiger partial charge in [-0.15, -0.1) is 0 Å². The molecule has 1 aromatic heterocycles. The van der Waals surface area contributed by atoms with Crippen molar-refractivity contribution >= 4 is 28.3 Å². The lowest BCUT2D eigenvalue weighted by Gasteiger charge is -2.08. The predicted octanol–water partition coefficient (Wildman–Crippen LogP) is 4.06. The average Bonchev–Trinajstić information content (AvgIpc) is 3.08. The summed E-state index contributed by atoms with van der Waals surface area (Å²) in [4.78, 5) is 20.2. The summed E-state index contributed by atoms with van der Waals surface area (Å²) in [7, 11) is 0. The van der Waals surface area contributed by atoms with E-state index in [1.54, 1.807) is 24.3 Å². The van der Waals surface area contributed by atoms with E-state index in [0.717, 1.165) is 22.4 Å². The zero-order valence-electron chi connectivity index (χ0n) is 13.4. The monoisotopic (exact) mass is 328 g/mol. The van der Waals surface area contributed by atoms with E-state index in [4.69, 9.17) is 5.73 Å². The molecule has 1 amide bonds. The molecule has 0 aliphatic heterocycles. The second-order valence-electron chi connectivity index (χ2n) is 5.72. The quantitative estimate of drug-likeness (QED) is 0.496. The number of fused-ring (bicyclic) bond motifs is 1. The number of nitrogens with zero attached hydrogens (tertiary/aromatic N) is 1. The second-order valence-corrected chi connectivity index (χ2v) is 5.72. The number of anilines is 2. The van der Waals surface area contributed by atoms with Crippen LogP contribution in [0.25, 0.3) is 22.4 Å². The van der Waals surface area contributed by atoms with E-state index < -0.39 is 0 Å². The molecule has 5 nitrogen and oxygen atoms in total. The maximum absolute atomic E-state index is 12.4. The van der Waals surface area contributed by atoms with Gasteiger partial charge in [-0.3, -0.25) is 4.79 Å². The third kappa shape index (κ3) is 2.95. The van der Waals surface area contributed by atoms with E-state index in [0.29, 0.717) is 16.9 Å². The number of imidazole rings is 1. The Bertz CT molecular complexity index is 1020. The highest BCUT2D eigenvalue weighted by molar-refractivity contribution is 6.05. The molecule has 0 saturated carbocycles. The first kappa shape index (κ1) is 15.0. The summed E-state index contributed by atoms with van der Waals surface area (Å²) in [6.07, 6.45) is 0. The third-order valence-electron chi connectivity index (χ3n) is 4.02. The molecular formula is C20H16N4O. The van der Waals surface area contributed by atoms with Gasteiger partial charge in [-0.2, -0.15) is 0 Å². The van der Waals surface area contributed by atoms with Gasteiger partial charge in [0.15, 0.2) is 0 Å². The Labute approximate surface area is 144 Å². The first-order valence-corrected chi connectivity index (χ1v) is 7.92. The molecule has 4 rings (SSSR count). The molecule has 0 saturated heterocycles. The van der Waals surface area contributed by atoms with Gasteiger partial charge < -0.3 is 16.0 Å². The number of carbonyl (C=O) groups excluding carboxylic acids is 1. The molecule has 25 heavy (non-hydrogen) atoms. The number of amides is 1. The van der Waals surface area contributed by atoms with Crippen molar-refractivity contribution in [2.75, 3.05) is 11.1 Å². The third-order valence-corrected chi connectivity index (χ3v) is 4.02. The number of nitrogen functional groups attached to an aromatic ring is 1. The smallest absolute Gasteiger partial charge is 0.255 e. The van der Waals surface area contributed by atoms with Crippen molar-refractivity contribution in [1.82, 2.24) is 9.97 Å². The maximum atomic E-state index is 12.4. The molecule has 0 spiro atoms. The van der Waals surface area contributed by atoms with Crippen LogP contribution in [0, 0.1) is 0 Å². The minimum atomic E-state index is -0.200. The first-order valence-electron chi connectivity index (χ1n) is 7.92. The lowest BCUT2D eigenvalue weighted by Crippen LogP contribution is -2.12. The van der Waals surface area contributed by atoms with Crippen molar-refractivity contribution < 1.29 is 4.79 Å². The van der Waals surface area contributed by atoms with Gasteiger partial charge in [-0.1, -0.05) is 36.4 Å². The summed E-state index contributed by atoms with van der Waals surface area (Å²) < 4.78 is 0. The summed E-state index contributed by atoms with van der Waals surface area (Å²) in [6, 6.07) is 22.3. The summed E-state index contributed by atoms with van der Waals surface area (Å²) >= 11 is 0. The fourth-order valence-corrected chi connectivity index (χ4v) is 2.67. The highest BCUT2D eigenvalue weighted by Crippen LogP contribution is 2.22. The van der Waals surface area contributed by atoms with Crippen LogP contribution in [0.3, 0.4) is 0 Å². The van der Waals surface area contributed by atoms with Crippen LogP contribution in [-0.4, -0.2) is 15.9 Å². The van der Waals surface area contributed by atoms with E-state index in [1.165, 1.54) is 0 Å². The fourth-order valence-electron chi connectivity index (χ4n) is 2.67. The average molecular weight is 328 g/mol. The van der Waals surface area contributed by atoms with Crippen molar-refractivity contribution in [3.05, 3.63) is 78.4 Å². The lowest BCUT2D eigenvalue weighted by atomic mass is 10.1. The molecule has 4 N–H and O–H groups in total. The molecule has 0 radical (unpaired) electrons. The second kappa shape index (κ2) is 6.13. The van der Waals surface area contributed by atoms with Crippen molar-refractivity contribution in [2.24, 2.45) is 0 Å². The Morgan fingerprint density at radius 3 is 2.40 bits per heavy atom. The maximum Gasteiger partial charge on any atom is 0.255 e. The van der Waals surface area contributed by atoms with Gasteiger partial charge in [0.1, 0.15) is 5.82 Å². The van der Waals surface area contributed by atoms with E-state index >= 15 is 0 Å². The number of H-pyrrole nitrogens is 1. The summed E-state index contributed by atoms with van der Waals surface area (Å²) in [5.41, 5.74) is 10.4. The Hall–Kier alpha value is -3.60. The minimum Gasteiger partial charge on any atom is -0.397 e. The molecule has 4 aromatic rings. The molecule has 0 aliphatic rings. The molecule has 5 heteroatoms. The van der Waals surface area contributed by atoms with Crippen LogP contribution in [0.4, 0.5) is 11.4 Å². The zero-order valence-corrected chi connectivity index (χ0v) is 13.4. The molecule has 3 aromatic carbocycles. The fraction of sp³-hybridized carbons (Fsp3) is 0. The van der Waals surface area contributed by atoms with Crippen LogP contribution in [0.1, 0.15) is 10.4 Å². The molecule has 0 unspecified atom stereocenters. The SMILES string of the molecule is Nc1ccccc1NC(=O)c1ccc(-c2nc3ccccc3[nH]2)cc1. The Kier molecular flexibility index (Phi) is 3.67. The van der Waals surface area contributed by atoms with Crippen LogP contribution in [0.5, 0.6) is 0 Å². The van der Waals surface area contributed by atoms with Crippen molar-refractivity contribution in [3.63, 3.8) is 0 Å². The highest BCUT2D eigenvalue weighted by Gasteiger charge is 2.09. The number of hydrogen-bond donors (Lipinski definition) is 3. The molecule has 1 heterocycles. The number of aromatic amines is 1. The van der Waals surface area contributed by atoms with Gasteiger partial charge in [-0.05, 0) is 36.4 Å². The number of nitrogens with two attached hydrogens (primary N) is 1.